The van der Waals surface area contributed by atoms with E-state index in [0.29, 0.717) is 0 Å². The zero-order valence-electron chi connectivity index (χ0n) is 15.7. The molecule has 2 aliphatic carbocycles. The van der Waals surface area contributed by atoms with E-state index in [1.54, 1.807) is 28.4 Å². The van der Waals surface area contributed by atoms with Crippen LogP contribution in [-0.2, 0) is 31.6 Å². The molecule has 1 aromatic carbocycles. The summed E-state index contributed by atoms with van der Waals surface area (Å²) in [5, 5.41) is 0. The average Bonchev–Trinajstić information content (AvgIpc) is 2.97. The van der Waals surface area contributed by atoms with Gasteiger partial charge in [0.25, 0.3) is 0 Å². The summed E-state index contributed by atoms with van der Waals surface area (Å²) in [6, 6.07) is 2.34. The van der Waals surface area contributed by atoms with E-state index < -0.39 is 7.12 Å². The fourth-order valence-electron chi connectivity index (χ4n) is 4.00. The zero-order valence-corrected chi connectivity index (χ0v) is 15.7. The van der Waals surface area contributed by atoms with Crippen LogP contribution in [0.5, 0.6) is 0 Å². The molecular formula is C20H27BO4. The number of hydrogen-bond donors (Lipinski definition) is 0. The average molecular weight is 342 g/mol. The lowest BCUT2D eigenvalue weighted by Gasteiger charge is -2.24. The number of hydrogen-bond acceptors (Lipinski definition) is 4. The van der Waals surface area contributed by atoms with Crippen molar-refractivity contribution in [2.45, 2.75) is 38.5 Å². The summed E-state index contributed by atoms with van der Waals surface area (Å²) in [7, 11) is 6.37. The molecule has 0 fully saturated rings. The van der Waals surface area contributed by atoms with Crippen LogP contribution in [0.4, 0.5) is 0 Å². The third kappa shape index (κ3) is 3.35. The number of methoxy groups -OCH3 is 2. The lowest BCUT2D eigenvalue weighted by molar-refractivity contribution is 0.291. The maximum Gasteiger partial charge on any atom is 0.494 e. The Morgan fingerprint density at radius 1 is 0.760 bits per heavy atom. The minimum absolute atomic E-state index is 0.461. The molecule has 0 N–H and O–H groups in total. The van der Waals surface area contributed by atoms with Crippen molar-refractivity contribution in [2.24, 2.45) is 0 Å². The number of rotatable bonds is 5. The molecule has 0 amide bonds. The maximum absolute atomic E-state index is 5.76. The Morgan fingerprint density at radius 3 is 1.64 bits per heavy atom. The fourth-order valence-corrected chi connectivity index (χ4v) is 4.00. The van der Waals surface area contributed by atoms with Crippen molar-refractivity contribution < 1.29 is 18.8 Å². The minimum Gasteiger partial charge on any atom is -0.496 e. The van der Waals surface area contributed by atoms with Crippen molar-refractivity contribution in [1.29, 1.82) is 0 Å². The van der Waals surface area contributed by atoms with Gasteiger partial charge in [0.2, 0.25) is 0 Å². The van der Waals surface area contributed by atoms with Crippen LogP contribution in [0, 0.1) is 0 Å². The van der Waals surface area contributed by atoms with Crippen molar-refractivity contribution in [1.82, 2.24) is 0 Å². The standard InChI is InChI=1S/C20H27BO4/c1-22-16-11-7-5-9-14-13-15-10-6-8-12-17(23-2)19(15)20(18(14)16)21(24-3)25-4/h11-13H,5-10H2,1-4H3. The Labute approximate surface area is 150 Å². The number of ether oxygens (including phenoxy) is 2. The fraction of sp³-hybridized carbons (Fsp3) is 0.500. The first kappa shape index (κ1) is 18.1. The second-order valence-electron chi connectivity index (χ2n) is 6.49. The van der Waals surface area contributed by atoms with E-state index in [2.05, 4.69) is 18.2 Å². The number of allylic oxidation sites excluding steroid dienone is 2. The smallest absolute Gasteiger partial charge is 0.494 e. The third-order valence-corrected chi connectivity index (χ3v) is 5.09. The molecule has 0 saturated carbocycles. The lowest BCUT2D eigenvalue weighted by Crippen LogP contribution is -2.41. The molecule has 0 aliphatic heterocycles. The van der Waals surface area contributed by atoms with Crippen LogP contribution in [0.15, 0.2) is 18.2 Å². The van der Waals surface area contributed by atoms with E-state index in [1.807, 2.05) is 0 Å². The van der Waals surface area contributed by atoms with Gasteiger partial charge in [0.05, 0.1) is 14.2 Å². The lowest BCUT2D eigenvalue weighted by atomic mass is 9.69. The third-order valence-electron chi connectivity index (χ3n) is 5.09. The number of aryl methyl sites for hydroxylation is 2. The second kappa shape index (κ2) is 8.11. The summed E-state index contributed by atoms with van der Waals surface area (Å²) in [4.78, 5) is 0. The van der Waals surface area contributed by atoms with Crippen LogP contribution < -0.4 is 5.46 Å². The normalized spacial score (nSPS) is 16.6. The Kier molecular flexibility index (Phi) is 5.87. The molecular weight excluding hydrogens is 315 g/mol. The molecule has 0 saturated heterocycles. The van der Waals surface area contributed by atoms with Crippen molar-refractivity contribution in [3.63, 3.8) is 0 Å². The highest BCUT2D eigenvalue weighted by Gasteiger charge is 2.33. The molecule has 0 bridgehead atoms. The maximum atomic E-state index is 5.76. The van der Waals surface area contributed by atoms with E-state index in [-0.39, 0.29) is 0 Å². The van der Waals surface area contributed by atoms with Crippen LogP contribution in [0.2, 0.25) is 0 Å². The molecule has 1 aromatic rings. The first-order valence-electron chi connectivity index (χ1n) is 8.98. The monoisotopic (exact) mass is 342 g/mol. The molecule has 0 heterocycles. The Bertz CT molecular complexity index is 639. The van der Waals surface area contributed by atoms with E-state index in [1.165, 1.54) is 11.1 Å². The molecule has 5 heteroatoms. The van der Waals surface area contributed by atoms with Gasteiger partial charge in [0, 0.05) is 30.8 Å². The first-order chi connectivity index (χ1) is 12.2. The highest BCUT2D eigenvalue weighted by atomic mass is 16.6. The molecule has 134 valence electrons. The topological polar surface area (TPSA) is 36.9 Å². The highest BCUT2D eigenvalue weighted by molar-refractivity contribution is 6.63. The van der Waals surface area contributed by atoms with Gasteiger partial charge in [0.1, 0.15) is 11.5 Å². The van der Waals surface area contributed by atoms with E-state index in [4.69, 9.17) is 18.8 Å². The van der Waals surface area contributed by atoms with Crippen LogP contribution in [-0.4, -0.2) is 35.6 Å². The summed E-state index contributed by atoms with van der Waals surface area (Å²) in [6.45, 7) is 0. The second-order valence-corrected chi connectivity index (χ2v) is 6.49. The predicted molar refractivity (Wildman–Crippen MR) is 102 cm³/mol. The quantitative estimate of drug-likeness (QED) is 0.770. The molecule has 4 nitrogen and oxygen atoms in total. The molecule has 0 spiro atoms. The van der Waals surface area contributed by atoms with Crippen LogP contribution in [0.3, 0.4) is 0 Å². The SMILES string of the molecule is COB(OC)c1c2c(cc3c1C(OC)=CCCC3)CCCC=C2OC. The van der Waals surface area contributed by atoms with E-state index in [0.717, 1.165) is 66.6 Å². The van der Waals surface area contributed by atoms with Gasteiger partial charge in [-0.2, -0.15) is 0 Å². The molecule has 0 atom stereocenters. The van der Waals surface area contributed by atoms with E-state index >= 15 is 0 Å². The van der Waals surface area contributed by atoms with Crippen molar-refractivity contribution in [3.05, 3.63) is 40.5 Å². The summed E-state index contributed by atoms with van der Waals surface area (Å²) < 4.78 is 22.9. The molecule has 2 aliphatic rings. The largest absolute Gasteiger partial charge is 0.496 e. The highest BCUT2D eigenvalue weighted by Crippen LogP contribution is 2.33. The van der Waals surface area contributed by atoms with Gasteiger partial charge in [0.15, 0.2) is 0 Å². The van der Waals surface area contributed by atoms with Crippen molar-refractivity contribution in [2.75, 3.05) is 28.4 Å². The Balaban J connectivity index is 2.36. The van der Waals surface area contributed by atoms with Crippen molar-refractivity contribution >= 4 is 24.1 Å². The van der Waals surface area contributed by atoms with Crippen molar-refractivity contribution in [3.8, 4) is 0 Å². The molecule has 0 aromatic heterocycles. The van der Waals surface area contributed by atoms with Gasteiger partial charge in [-0.3, -0.25) is 0 Å². The van der Waals surface area contributed by atoms with Crippen LogP contribution >= 0.6 is 0 Å². The first-order valence-corrected chi connectivity index (χ1v) is 8.98. The molecule has 0 unspecified atom stereocenters. The number of fused-ring (bicyclic) bond motifs is 2. The summed E-state index contributed by atoms with van der Waals surface area (Å²) in [5.41, 5.74) is 5.88. The Hall–Kier alpha value is -1.72. The summed E-state index contributed by atoms with van der Waals surface area (Å²) >= 11 is 0. The van der Waals surface area contributed by atoms with Gasteiger partial charge < -0.3 is 18.8 Å². The van der Waals surface area contributed by atoms with Gasteiger partial charge >= 0.3 is 7.12 Å². The number of benzene rings is 1. The van der Waals surface area contributed by atoms with E-state index in [9.17, 15) is 0 Å². The van der Waals surface area contributed by atoms with Crippen LogP contribution in [0.1, 0.15) is 47.9 Å². The van der Waals surface area contributed by atoms with Gasteiger partial charge in [-0.1, -0.05) is 6.07 Å². The minimum atomic E-state index is -0.461. The molecule has 0 radical (unpaired) electrons. The molecule has 25 heavy (non-hydrogen) atoms. The molecule has 3 rings (SSSR count). The Morgan fingerprint density at radius 2 is 1.24 bits per heavy atom. The van der Waals surface area contributed by atoms with Crippen LogP contribution in [0.25, 0.3) is 11.5 Å². The summed E-state index contributed by atoms with van der Waals surface area (Å²) in [6.07, 6.45) is 10.7. The zero-order chi connectivity index (χ0) is 17.8. The summed E-state index contributed by atoms with van der Waals surface area (Å²) in [5.74, 6) is 1.81. The predicted octanol–water partition coefficient (Wildman–Crippen LogP) is 3.32. The van der Waals surface area contributed by atoms with Gasteiger partial charge in [-0.25, -0.2) is 0 Å². The van der Waals surface area contributed by atoms with Gasteiger partial charge in [-0.05, 0) is 61.8 Å². The van der Waals surface area contributed by atoms with Gasteiger partial charge in [-0.15, -0.1) is 0 Å².